The molecule has 0 saturated carbocycles. The Labute approximate surface area is 106 Å². The third-order valence-electron chi connectivity index (χ3n) is 2.80. The van der Waals surface area contributed by atoms with Crippen molar-refractivity contribution in [1.29, 1.82) is 0 Å². The van der Waals surface area contributed by atoms with Crippen molar-refractivity contribution < 1.29 is 4.79 Å². The molecule has 0 saturated heterocycles. The van der Waals surface area contributed by atoms with Crippen LogP contribution in [0, 0.1) is 6.92 Å². The van der Waals surface area contributed by atoms with Crippen LogP contribution in [0.4, 0.5) is 0 Å². The molecule has 94 valence electrons. The van der Waals surface area contributed by atoms with E-state index in [4.69, 9.17) is 5.73 Å². The van der Waals surface area contributed by atoms with Crippen LogP contribution in [-0.4, -0.2) is 22.0 Å². The standard InChI is InChI=1S/C14H17N3O/c1-11-2-4-12(5-3-11)8-14(18)17-9-13(6-7-15)16-10-17/h2-5,9-10H,6-8,15H2,1H3. The highest BCUT2D eigenvalue weighted by Gasteiger charge is 2.07. The van der Waals surface area contributed by atoms with E-state index in [1.807, 2.05) is 31.2 Å². The normalized spacial score (nSPS) is 10.6. The topological polar surface area (TPSA) is 60.9 Å². The Hall–Kier alpha value is -1.94. The molecule has 2 aromatic rings. The molecule has 2 N–H and O–H groups in total. The summed E-state index contributed by atoms with van der Waals surface area (Å²) in [7, 11) is 0. The number of carbonyl (C=O) groups excluding carboxylic acids is 1. The summed E-state index contributed by atoms with van der Waals surface area (Å²) in [5.74, 6) is 0.0228. The third-order valence-corrected chi connectivity index (χ3v) is 2.80. The van der Waals surface area contributed by atoms with Crippen LogP contribution in [0.2, 0.25) is 0 Å². The molecule has 0 atom stereocenters. The summed E-state index contributed by atoms with van der Waals surface area (Å²) in [4.78, 5) is 16.2. The molecule has 1 heterocycles. The molecule has 0 radical (unpaired) electrons. The lowest BCUT2D eigenvalue weighted by atomic mass is 10.1. The number of aryl methyl sites for hydroxylation is 1. The molecule has 18 heavy (non-hydrogen) atoms. The van der Waals surface area contributed by atoms with Crippen LogP contribution < -0.4 is 5.73 Å². The largest absolute Gasteiger partial charge is 0.330 e. The minimum absolute atomic E-state index is 0.0228. The fourth-order valence-electron chi connectivity index (χ4n) is 1.75. The van der Waals surface area contributed by atoms with E-state index in [2.05, 4.69) is 4.98 Å². The van der Waals surface area contributed by atoms with E-state index in [0.717, 1.165) is 11.3 Å². The zero-order valence-electron chi connectivity index (χ0n) is 10.5. The number of rotatable bonds is 4. The van der Waals surface area contributed by atoms with Crippen LogP contribution in [-0.2, 0) is 12.8 Å². The van der Waals surface area contributed by atoms with E-state index in [9.17, 15) is 4.79 Å². The van der Waals surface area contributed by atoms with Crippen molar-refractivity contribution in [3.05, 3.63) is 53.6 Å². The molecule has 0 amide bonds. The van der Waals surface area contributed by atoms with Crippen molar-refractivity contribution in [2.45, 2.75) is 19.8 Å². The lowest BCUT2D eigenvalue weighted by molar-refractivity contribution is 0.0914. The van der Waals surface area contributed by atoms with Crippen molar-refractivity contribution in [2.24, 2.45) is 5.73 Å². The van der Waals surface area contributed by atoms with Crippen molar-refractivity contribution in [3.63, 3.8) is 0 Å². The number of nitrogens with two attached hydrogens (primary N) is 1. The molecular formula is C14H17N3O. The monoisotopic (exact) mass is 243 g/mol. The van der Waals surface area contributed by atoms with Gasteiger partial charge in [-0.25, -0.2) is 4.98 Å². The van der Waals surface area contributed by atoms with Crippen LogP contribution in [0.3, 0.4) is 0 Å². The molecule has 0 aliphatic carbocycles. The van der Waals surface area contributed by atoms with Gasteiger partial charge in [-0.05, 0) is 19.0 Å². The van der Waals surface area contributed by atoms with Crippen LogP contribution in [0.25, 0.3) is 0 Å². The average molecular weight is 243 g/mol. The Kier molecular flexibility index (Phi) is 3.89. The highest BCUT2D eigenvalue weighted by molar-refractivity contribution is 5.81. The summed E-state index contributed by atoms with van der Waals surface area (Å²) in [6.07, 6.45) is 4.40. The Balaban J connectivity index is 2.04. The summed E-state index contributed by atoms with van der Waals surface area (Å²) in [6.45, 7) is 2.57. The number of aromatic nitrogens is 2. The summed E-state index contributed by atoms with van der Waals surface area (Å²) in [5, 5.41) is 0. The minimum atomic E-state index is 0.0228. The Morgan fingerprint density at radius 2 is 2.06 bits per heavy atom. The number of hydrogen-bond acceptors (Lipinski definition) is 3. The predicted molar refractivity (Wildman–Crippen MR) is 70.5 cm³/mol. The molecule has 1 aromatic carbocycles. The van der Waals surface area contributed by atoms with Gasteiger partial charge in [0.25, 0.3) is 0 Å². The van der Waals surface area contributed by atoms with E-state index in [0.29, 0.717) is 19.4 Å². The minimum Gasteiger partial charge on any atom is -0.330 e. The first-order valence-electron chi connectivity index (χ1n) is 6.00. The lowest BCUT2D eigenvalue weighted by Crippen LogP contribution is -2.11. The van der Waals surface area contributed by atoms with E-state index in [1.165, 1.54) is 10.1 Å². The Morgan fingerprint density at radius 1 is 1.33 bits per heavy atom. The van der Waals surface area contributed by atoms with Gasteiger partial charge in [0.1, 0.15) is 6.33 Å². The van der Waals surface area contributed by atoms with Gasteiger partial charge in [0, 0.05) is 12.6 Å². The maximum atomic E-state index is 12.0. The third kappa shape index (κ3) is 3.05. The summed E-state index contributed by atoms with van der Waals surface area (Å²) < 4.78 is 1.53. The number of nitrogens with zero attached hydrogens (tertiary/aromatic N) is 2. The van der Waals surface area contributed by atoms with Crippen molar-refractivity contribution in [1.82, 2.24) is 9.55 Å². The first-order chi connectivity index (χ1) is 8.69. The molecule has 4 heteroatoms. The molecular weight excluding hydrogens is 226 g/mol. The zero-order valence-corrected chi connectivity index (χ0v) is 10.5. The van der Waals surface area contributed by atoms with Crippen molar-refractivity contribution >= 4 is 5.91 Å². The molecule has 0 fully saturated rings. The summed E-state index contributed by atoms with van der Waals surface area (Å²) in [6, 6.07) is 7.97. The molecule has 0 unspecified atom stereocenters. The zero-order chi connectivity index (χ0) is 13.0. The second kappa shape index (κ2) is 5.60. The first kappa shape index (κ1) is 12.5. The SMILES string of the molecule is Cc1ccc(CC(=O)n2cnc(CCN)c2)cc1. The van der Waals surface area contributed by atoms with E-state index < -0.39 is 0 Å². The van der Waals surface area contributed by atoms with Gasteiger partial charge in [-0.3, -0.25) is 9.36 Å². The number of benzene rings is 1. The second-order valence-corrected chi connectivity index (χ2v) is 4.37. The summed E-state index contributed by atoms with van der Waals surface area (Å²) in [5.41, 5.74) is 8.51. The second-order valence-electron chi connectivity index (χ2n) is 4.37. The maximum absolute atomic E-state index is 12.0. The molecule has 0 aliphatic heterocycles. The maximum Gasteiger partial charge on any atom is 0.236 e. The fourth-order valence-corrected chi connectivity index (χ4v) is 1.75. The smallest absolute Gasteiger partial charge is 0.236 e. The van der Waals surface area contributed by atoms with Gasteiger partial charge in [-0.2, -0.15) is 0 Å². The van der Waals surface area contributed by atoms with Gasteiger partial charge in [-0.15, -0.1) is 0 Å². The van der Waals surface area contributed by atoms with Crippen LogP contribution in [0.5, 0.6) is 0 Å². The molecule has 4 nitrogen and oxygen atoms in total. The van der Waals surface area contributed by atoms with Gasteiger partial charge in [0.2, 0.25) is 5.91 Å². The molecule has 0 bridgehead atoms. The van der Waals surface area contributed by atoms with Crippen LogP contribution in [0.15, 0.2) is 36.8 Å². The molecule has 2 rings (SSSR count). The van der Waals surface area contributed by atoms with Crippen LogP contribution in [0.1, 0.15) is 21.6 Å². The Morgan fingerprint density at radius 3 is 2.72 bits per heavy atom. The van der Waals surface area contributed by atoms with Crippen molar-refractivity contribution in [3.8, 4) is 0 Å². The number of imidazole rings is 1. The van der Waals surface area contributed by atoms with Gasteiger partial charge in [0.05, 0.1) is 12.1 Å². The first-order valence-corrected chi connectivity index (χ1v) is 6.00. The van der Waals surface area contributed by atoms with Gasteiger partial charge >= 0.3 is 0 Å². The fraction of sp³-hybridized carbons (Fsp3) is 0.286. The molecule has 1 aromatic heterocycles. The van der Waals surface area contributed by atoms with E-state index >= 15 is 0 Å². The lowest BCUT2D eigenvalue weighted by Gasteiger charge is -2.02. The Bertz CT molecular complexity index is 528. The average Bonchev–Trinajstić information content (AvgIpc) is 2.81. The highest BCUT2D eigenvalue weighted by Crippen LogP contribution is 2.06. The number of hydrogen-bond donors (Lipinski definition) is 1. The van der Waals surface area contributed by atoms with Gasteiger partial charge in [0.15, 0.2) is 0 Å². The summed E-state index contributed by atoms with van der Waals surface area (Å²) >= 11 is 0. The van der Waals surface area contributed by atoms with Crippen LogP contribution >= 0.6 is 0 Å². The van der Waals surface area contributed by atoms with Crippen molar-refractivity contribution in [2.75, 3.05) is 6.54 Å². The van der Waals surface area contributed by atoms with Gasteiger partial charge < -0.3 is 5.73 Å². The quantitative estimate of drug-likeness (QED) is 0.886. The predicted octanol–water partition coefficient (Wildman–Crippen LogP) is 1.58. The highest BCUT2D eigenvalue weighted by atomic mass is 16.2. The molecule has 0 aliphatic rings. The number of carbonyl (C=O) groups is 1. The van der Waals surface area contributed by atoms with E-state index in [-0.39, 0.29) is 5.91 Å². The van der Waals surface area contributed by atoms with E-state index in [1.54, 1.807) is 12.5 Å². The van der Waals surface area contributed by atoms with Gasteiger partial charge in [-0.1, -0.05) is 29.8 Å². The molecule has 0 spiro atoms.